The molecule has 0 saturated carbocycles. The number of hydrogen-bond acceptors (Lipinski definition) is 3. The van der Waals surface area contributed by atoms with Gasteiger partial charge in [-0.2, -0.15) is 5.10 Å². The minimum atomic E-state index is -0.570. The molecule has 1 amide bonds. The van der Waals surface area contributed by atoms with Gasteiger partial charge in [-0.25, -0.2) is 9.07 Å². The van der Waals surface area contributed by atoms with Gasteiger partial charge in [-0.05, 0) is 18.6 Å². The lowest BCUT2D eigenvalue weighted by molar-refractivity contribution is 0.0949. The number of benzene rings is 3. The molecule has 0 aliphatic heterocycles. The van der Waals surface area contributed by atoms with Gasteiger partial charge in [0.1, 0.15) is 11.4 Å². The maximum absolute atomic E-state index is 14.0. The van der Waals surface area contributed by atoms with E-state index in [0.29, 0.717) is 28.9 Å². The second-order valence-corrected chi connectivity index (χ2v) is 7.23. The van der Waals surface area contributed by atoms with Crippen molar-refractivity contribution in [1.29, 1.82) is 0 Å². The minimum Gasteiger partial charge on any atom is -0.348 e. The van der Waals surface area contributed by atoms with Gasteiger partial charge < -0.3 is 5.32 Å². The van der Waals surface area contributed by atoms with E-state index < -0.39 is 17.3 Å². The standard InChI is InChI=1S/C26H22FN3O2/c1-2-30-26(32)23(25(31)28-17-20-15-9-10-16-21(20)27)22(18-11-5-3-6-12-18)24(29-30)19-13-7-4-8-14-19/h3-16H,2,17H2,1H3,(H,28,31). The number of rotatable bonds is 6. The molecule has 0 bridgehead atoms. The SMILES string of the molecule is CCn1nc(-c2ccccc2)c(-c2ccccc2)c(C(=O)NCc2ccccc2F)c1=O. The Morgan fingerprint density at radius 1 is 0.906 bits per heavy atom. The van der Waals surface area contributed by atoms with Gasteiger partial charge >= 0.3 is 0 Å². The zero-order valence-electron chi connectivity index (χ0n) is 17.6. The van der Waals surface area contributed by atoms with E-state index in [1.165, 1.54) is 10.7 Å². The molecule has 1 heterocycles. The first-order valence-electron chi connectivity index (χ1n) is 10.4. The van der Waals surface area contributed by atoms with Gasteiger partial charge in [-0.15, -0.1) is 0 Å². The number of nitrogens with one attached hydrogen (secondary N) is 1. The molecule has 0 aliphatic rings. The highest BCUT2D eigenvalue weighted by Crippen LogP contribution is 2.32. The van der Waals surface area contributed by atoms with E-state index in [4.69, 9.17) is 0 Å². The van der Waals surface area contributed by atoms with Crippen molar-refractivity contribution in [3.8, 4) is 22.4 Å². The van der Waals surface area contributed by atoms with Gasteiger partial charge in [0, 0.05) is 29.8 Å². The summed E-state index contributed by atoms with van der Waals surface area (Å²) < 4.78 is 15.3. The lowest BCUT2D eigenvalue weighted by Crippen LogP contribution is -2.35. The summed E-state index contributed by atoms with van der Waals surface area (Å²) in [5, 5.41) is 7.29. The largest absolute Gasteiger partial charge is 0.348 e. The van der Waals surface area contributed by atoms with Gasteiger partial charge in [-0.3, -0.25) is 9.59 Å². The quantitative estimate of drug-likeness (QED) is 0.487. The molecule has 32 heavy (non-hydrogen) atoms. The van der Waals surface area contributed by atoms with Crippen LogP contribution < -0.4 is 10.9 Å². The van der Waals surface area contributed by atoms with Gasteiger partial charge in [0.2, 0.25) is 0 Å². The summed E-state index contributed by atoms with van der Waals surface area (Å²) in [5.74, 6) is -0.986. The van der Waals surface area contributed by atoms with Crippen LogP contribution >= 0.6 is 0 Å². The van der Waals surface area contributed by atoms with Crippen LogP contribution in [0.2, 0.25) is 0 Å². The van der Waals surface area contributed by atoms with E-state index in [-0.39, 0.29) is 12.1 Å². The first-order valence-corrected chi connectivity index (χ1v) is 10.4. The second kappa shape index (κ2) is 9.39. The average Bonchev–Trinajstić information content (AvgIpc) is 2.84. The molecule has 1 N–H and O–H groups in total. The van der Waals surface area contributed by atoms with Crippen molar-refractivity contribution >= 4 is 5.91 Å². The molecule has 6 heteroatoms. The molecule has 0 radical (unpaired) electrons. The highest BCUT2D eigenvalue weighted by molar-refractivity contribution is 6.03. The van der Waals surface area contributed by atoms with E-state index in [9.17, 15) is 14.0 Å². The van der Waals surface area contributed by atoms with Crippen molar-refractivity contribution in [2.75, 3.05) is 0 Å². The number of nitrogens with zero attached hydrogens (tertiary/aromatic N) is 2. The van der Waals surface area contributed by atoms with Gasteiger partial charge in [0.15, 0.2) is 0 Å². The van der Waals surface area contributed by atoms with Crippen LogP contribution in [-0.2, 0) is 13.1 Å². The Balaban J connectivity index is 1.89. The Bertz CT molecular complexity index is 1300. The average molecular weight is 427 g/mol. The third-order valence-corrected chi connectivity index (χ3v) is 5.19. The molecule has 0 spiro atoms. The summed E-state index contributed by atoms with van der Waals surface area (Å²) in [4.78, 5) is 26.6. The van der Waals surface area contributed by atoms with E-state index in [2.05, 4.69) is 10.4 Å². The summed E-state index contributed by atoms with van der Waals surface area (Å²) in [6.07, 6.45) is 0. The fourth-order valence-corrected chi connectivity index (χ4v) is 3.59. The molecular weight excluding hydrogens is 405 g/mol. The Morgan fingerprint density at radius 3 is 2.12 bits per heavy atom. The first-order chi connectivity index (χ1) is 15.6. The summed E-state index contributed by atoms with van der Waals surface area (Å²) in [6.45, 7) is 2.07. The molecule has 0 atom stereocenters. The van der Waals surface area contributed by atoms with E-state index in [0.717, 1.165) is 5.56 Å². The molecule has 0 fully saturated rings. The van der Waals surface area contributed by atoms with Crippen molar-refractivity contribution in [2.45, 2.75) is 20.0 Å². The van der Waals surface area contributed by atoms with E-state index in [1.54, 1.807) is 25.1 Å². The topological polar surface area (TPSA) is 64.0 Å². The van der Waals surface area contributed by atoms with Crippen molar-refractivity contribution in [2.24, 2.45) is 0 Å². The van der Waals surface area contributed by atoms with Crippen LogP contribution in [0.5, 0.6) is 0 Å². The first kappa shape index (κ1) is 21.2. The molecule has 0 aliphatic carbocycles. The minimum absolute atomic E-state index is 0.0109. The number of halogens is 1. The normalized spacial score (nSPS) is 10.7. The molecule has 1 aromatic heterocycles. The van der Waals surface area contributed by atoms with Crippen LogP contribution in [0, 0.1) is 5.82 Å². The molecule has 0 unspecified atom stereocenters. The smallest absolute Gasteiger partial charge is 0.280 e. The van der Waals surface area contributed by atoms with Crippen LogP contribution in [0.4, 0.5) is 4.39 Å². The molecular formula is C26H22FN3O2. The maximum Gasteiger partial charge on any atom is 0.280 e. The van der Waals surface area contributed by atoms with Crippen LogP contribution in [0.25, 0.3) is 22.4 Å². The summed E-state index contributed by atoms with van der Waals surface area (Å²) in [6, 6.07) is 24.9. The predicted molar refractivity (Wildman–Crippen MR) is 123 cm³/mol. The second-order valence-electron chi connectivity index (χ2n) is 7.23. The molecule has 5 nitrogen and oxygen atoms in total. The molecule has 3 aromatic carbocycles. The fourth-order valence-electron chi connectivity index (χ4n) is 3.59. The third-order valence-electron chi connectivity index (χ3n) is 5.19. The van der Waals surface area contributed by atoms with E-state index >= 15 is 0 Å². The van der Waals surface area contributed by atoms with Crippen molar-refractivity contribution in [1.82, 2.24) is 15.1 Å². The Hall–Kier alpha value is -4.06. The van der Waals surface area contributed by atoms with Crippen LogP contribution in [0.15, 0.2) is 89.7 Å². The fraction of sp³-hybridized carbons (Fsp3) is 0.115. The highest BCUT2D eigenvalue weighted by atomic mass is 19.1. The van der Waals surface area contributed by atoms with Gasteiger partial charge in [-0.1, -0.05) is 78.9 Å². The highest BCUT2D eigenvalue weighted by Gasteiger charge is 2.24. The number of hydrogen-bond donors (Lipinski definition) is 1. The Morgan fingerprint density at radius 2 is 1.50 bits per heavy atom. The zero-order valence-corrected chi connectivity index (χ0v) is 17.6. The third kappa shape index (κ3) is 4.21. The van der Waals surface area contributed by atoms with Crippen molar-refractivity contribution in [3.05, 3.63) is 112 Å². The molecule has 4 rings (SSSR count). The summed E-state index contributed by atoms with van der Waals surface area (Å²) >= 11 is 0. The lowest BCUT2D eigenvalue weighted by Gasteiger charge is -2.17. The number of aromatic nitrogens is 2. The van der Waals surface area contributed by atoms with Gasteiger partial charge in [0.25, 0.3) is 11.5 Å². The Labute approximate surface area is 185 Å². The number of aryl methyl sites for hydroxylation is 1. The predicted octanol–water partition coefficient (Wildman–Crippen LogP) is 4.67. The van der Waals surface area contributed by atoms with Crippen LogP contribution in [-0.4, -0.2) is 15.7 Å². The summed E-state index contributed by atoms with van der Waals surface area (Å²) in [5.41, 5.74) is 2.33. The maximum atomic E-state index is 14.0. The van der Waals surface area contributed by atoms with Crippen LogP contribution in [0.1, 0.15) is 22.8 Å². The van der Waals surface area contributed by atoms with Crippen molar-refractivity contribution in [3.63, 3.8) is 0 Å². The number of carbonyl (C=O) groups is 1. The van der Waals surface area contributed by atoms with Gasteiger partial charge in [0.05, 0.1) is 5.69 Å². The van der Waals surface area contributed by atoms with Crippen LogP contribution in [0.3, 0.4) is 0 Å². The molecule has 0 saturated heterocycles. The van der Waals surface area contributed by atoms with Crippen molar-refractivity contribution < 1.29 is 9.18 Å². The zero-order chi connectivity index (χ0) is 22.5. The monoisotopic (exact) mass is 427 g/mol. The number of amides is 1. The Kier molecular flexibility index (Phi) is 6.22. The molecule has 160 valence electrons. The lowest BCUT2D eigenvalue weighted by atomic mass is 9.95. The van der Waals surface area contributed by atoms with E-state index in [1.807, 2.05) is 60.7 Å². The molecule has 4 aromatic rings. The summed E-state index contributed by atoms with van der Waals surface area (Å²) in [7, 11) is 0. The number of carbonyl (C=O) groups excluding carboxylic acids is 1.